The lowest BCUT2D eigenvalue weighted by Crippen LogP contribution is -2.22. The van der Waals surface area contributed by atoms with Crippen molar-refractivity contribution < 1.29 is 9.59 Å². The van der Waals surface area contributed by atoms with E-state index in [1.165, 1.54) is 16.9 Å². The van der Waals surface area contributed by atoms with Crippen LogP contribution in [0, 0.1) is 5.92 Å². The maximum atomic E-state index is 12.8. The van der Waals surface area contributed by atoms with Gasteiger partial charge in [0.15, 0.2) is 5.13 Å². The topological polar surface area (TPSA) is 59.1 Å². The molecule has 6 heteroatoms. The smallest absolute Gasteiger partial charge is 0.229 e. The zero-order valence-corrected chi connectivity index (χ0v) is 21.5. The number of rotatable bonds is 11. The fourth-order valence-electron chi connectivity index (χ4n) is 3.58. The molecule has 1 amide bonds. The molecule has 0 saturated carbocycles. The minimum Gasteiger partial charge on any atom is -0.307 e. The number of anilines is 1. The molecule has 0 bridgehead atoms. The summed E-state index contributed by atoms with van der Waals surface area (Å²) in [5.74, 6) is 0.151. The van der Waals surface area contributed by atoms with Crippen molar-refractivity contribution >= 4 is 40.8 Å². The molecule has 0 radical (unpaired) electrons. The molecule has 182 valence electrons. The number of carbonyl (C=O) groups is 2. The number of thiazole rings is 1. The van der Waals surface area contributed by atoms with Crippen LogP contribution in [-0.4, -0.2) is 17.7 Å². The molecular weight excluding hydrogens is 464 g/mol. The number of nitrogens with one attached hydrogen (secondary N) is 1. The highest BCUT2D eigenvalue weighted by atomic mass is 35.5. The third-order valence-corrected chi connectivity index (χ3v) is 6.25. The molecule has 0 aliphatic rings. The standard InChI is InChI=1S/C25H29ClN2OS.C2H4.CH2O/c1-2-9-21(13-8-3-5-10-19-14-16-22(26)17-15-19)24(29)28-25-27-23(18-30-25)20-11-6-4-7-12-20;2*1-2/h4,6-7,11-12,14-18,21H,2-3,5,8-10,13H2,1H3,(H,27,28,29);1-2H2;1H2. The Morgan fingerprint density at radius 1 is 1.00 bits per heavy atom. The second-order valence-electron chi connectivity index (χ2n) is 7.60. The van der Waals surface area contributed by atoms with Crippen LogP contribution in [-0.2, 0) is 16.0 Å². The van der Waals surface area contributed by atoms with Gasteiger partial charge >= 0.3 is 0 Å². The molecular formula is C28H35ClN2O2S. The number of halogens is 1. The first-order valence-electron chi connectivity index (χ1n) is 11.5. The van der Waals surface area contributed by atoms with Gasteiger partial charge in [0, 0.05) is 21.9 Å². The van der Waals surface area contributed by atoms with Crippen molar-refractivity contribution in [2.75, 3.05) is 5.32 Å². The first kappa shape index (κ1) is 29.3. The summed E-state index contributed by atoms with van der Waals surface area (Å²) in [6.07, 6.45) is 7.25. The number of hydrogen-bond acceptors (Lipinski definition) is 4. The van der Waals surface area contributed by atoms with E-state index in [1.807, 2.05) is 54.6 Å². The minimum atomic E-state index is 0.0506. The van der Waals surface area contributed by atoms with E-state index in [0.717, 1.165) is 61.2 Å². The van der Waals surface area contributed by atoms with Gasteiger partial charge in [-0.3, -0.25) is 4.79 Å². The Morgan fingerprint density at radius 3 is 2.32 bits per heavy atom. The zero-order chi connectivity index (χ0) is 25.2. The van der Waals surface area contributed by atoms with Crippen molar-refractivity contribution in [3.8, 4) is 11.3 Å². The SMILES string of the molecule is C=C.C=O.CCCC(CCCCCc1ccc(Cl)cc1)C(=O)Nc1nc(-c2ccccc2)cs1. The van der Waals surface area contributed by atoms with Crippen molar-refractivity contribution in [2.45, 2.75) is 51.9 Å². The minimum absolute atomic E-state index is 0.0506. The third-order valence-electron chi connectivity index (χ3n) is 5.24. The van der Waals surface area contributed by atoms with Crippen molar-refractivity contribution in [3.05, 3.63) is 83.7 Å². The second-order valence-corrected chi connectivity index (χ2v) is 8.90. The molecule has 3 rings (SSSR count). The Bertz CT molecular complexity index is 943. The number of carbonyl (C=O) groups excluding carboxylic acids is 2. The van der Waals surface area contributed by atoms with Crippen molar-refractivity contribution in [1.29, 1.82) is 0 Å². The van der Waals surface area contributed by atoms with Crippen LogP contribution in [0.15, 0.2) is 73.1 Å². The fourth-order valence-corrected chi connectivity index (χ4v) is 4.43. The summed E-state index contributed by atoms with van der Waals surface area (Å²) in [4.78, 5) is 25.4. The summed E-state index contributed by atoms with van der Waals surface area (Å²) >= 11 is 7.42. The Labute approximate surface area is 213 Å². The van der Waals surface area contributed by atoms with Gasteiger partial charge in [-0.25, -0.2) is 4.98 Å². The first-order chi connectivity index (χ1) is 16.7. The van der Waals surface area contributed by atoms with Crippen LogP contribution >= 0.6 is 22.9 Å². The van der Waals surface area contributed by atoms with Gasteiger partial charge in [-0.15, -0.1) is 24.5 Å². The van der Waals surface area contributed by atoms with Crippen LogP contribution in [0.25, 0.3) is 11.3 Å². The lowest BCUT2D eigenvalue weighted by Gasteiger charge is -2.15. The third kappa shape index (κ3) is 10.4. The van der Waals surface area contributed by atoms with E-state index in [2.05, 4.69) is 42.5 Å². The van der Waals surface area contributed by atoms with E-state index < -0.39 is 0 Å². The number of unbranched alkanes of at least 4 members (excludes halogenated alkanes) is 2. The quantitative estimate of drug-likeness (QED) is 0.214. The van der Waals surface area contributed by atoms with Gasteiger partial charge in [0.25, 0.3) is 0 Å². The predicted octanol–water partition coefficient (Wildman–Crippen LogP) is 8.24. The Hall–Kier alpha value is -2.76. The number of nitrogens with zero attached hydrogens (tertiary/aromatic N) is 1. The molecule has 1 N–H and O–H groups in total. The van der Waals surface area contributed by atoms with Crippen molar-refractivity contribution in [1.82, 2.24) is 4.98 Å². The molecule has 1 unspecified atom stereocenters. The molecule has 34 heavy (non-hydrogen) atoms. The van der Waals surface area contributed by atoms with Crippen LogP contribution in [0.5, 0.6) is 0 Å². The van der Waals surface area contributed by atoms with Crippen molar-refractivity contribution in [2.24, 2.45) is 5.92 Å². The van der Waals surface area contributed by atoms with E-state index >= 15 is 0 Å². The molecule has 0 aliphatic carbocycles. The molecule has 3 aromatic rings. The molecule has 0 saturated heterocycles. The van der Waals surface area contributed by atoms with E-state index in [-0.39, 0.29) is 11.8 Å². The summed E-state index contributed by atoms with van der Waals surface area (Å²) in [5, 5.41) is 6.51. The Balaban J connectivity index is 0.00000137. The Morgan fingerprint density at radius 2 is 1.68 bits per heavy atom. The number of aryl methyl sites for hydroxylation is 1. The fraction of sp³-hybridized carbons (Fsp3) is 0.321. The molecule has 0 aliphatic heterocycles. The normalized spacial score (nSPS) is 10.8. The molecule has 4 nitrogen and oxygen atoms in total. The second kappa shape index (κ2) is 17.7. The lowest BCUT2D eigenvalue weighted by atomic mass is 9.95. The maximum absolute atomic E-state index is 12.8. The molecule has 2 aromatic carbocycles. The monoisotopic (exact) mass is 498 g/mol. The van der Waals surface area contributed by atoms with Crippen molar-refractivity contribution in [3.63, 3.8) is 0 Å². The largest absolute Gasteiger partial charge is 0.307 e. The van der Waals surface area contributed by atoms with Crippen LogP contribution in [0.3, 0.4) is 0 Å². The highest BCUT2D eigenvalue weighted by molar-refractivity contribution is 7.14. The van der Waals surface area contributed by atoms with E-state index in [4.69, 9.17) is 16.4 Å². The highest BCUT2D eigenvalue weighted by Crippen LogP contribution is 2.26. The summed E-state index contributed by atoms with van der Waals surface area (Å²) in [6, 6.07) is 18.1. The van der Waals surface area contributed by atoms with Crippen LogP contribution < -0.4 is 5.32 Å². The molecule has 1 atom stereocenters. The summed E-state index contributed by atoms with van der Waals surface area (Å²) in [5.41, 5.74) is 3.30. The maximum Gasteiger partial charge on any atom is 0.229 e. The first-order valence-corrected chi connectivity index (χ1v) is 12.8. The lowest BCUT2D eigenvalue weighted by molar-refractivity contribution is -0.120. The van der Waals surface area contributed by atoms with E-state index in [9.17, 15) is 4.79 Å². The average Bonchev–Trinajstić information content (AvgIpc) is 3.35. The van der Waals surface area contributed by atoms with Gasteiger partial charge in [0.2, 0.25) is 5.91 Å². The van der Waals surface area contributed by atoms with Gasteiger partial charge in [-0.1, -0.05) is 80.3 Å². The highest BCUT2D eigenvalue weighted by Gasteiger charge is 2.18. The van der Waals surface area contributed by atoms with Crippen LogP contribution in [0.4, 0.5) is 5.13 Å². The summed E-state index contributed by atoms with van der Waals surface area (Å²) in [6.45, 7) is 10.1. The number of benzene rings is 2. The molecule has 0 spiro atoms. The predicted molar refractivity (Wildman–Crippen MR) is 147 cm³/mol. The summed E-state index contributed by atoms with van der Waals surface area (Å²) in [7, 11) is 0. The van der Waals surface area contributed by atoms with E-state index in [0.29, 0.717) is 5.13 Å². The molecule has 1 aromatic heterocycles. The van der Waals surface area contributed by atoms with Gasteiger partial charge < -0.3 is 10.1 Å². The van der Waals surface area contributed by atoms with Gasteiger partial charge in [-0.05, 0) is 43.4 Å². The summed E-state index contributed by atoms with van der Waals surface area (Å²) < 4.78 is 0. The van der Waals surface area contributed by atoms with Gasteiger partial charge in [0.1, 0.15) is 6.79 Å². The van der Waals surface area contributed by atoms with Gasteiger partial charge in [-0.2, -0.15) is 0 Å². The Kier molecular flexibility index (Phi) is 15.2. The zero-order valence-electron chi connectivity index (χ0n) is 20.0. The number of amides is 1. The number of aromatic nitrogens is 1. The number of hydrogen-bond donors (Lipinski definition) is 1. The van der Waals surface area contributed by atoms with E-state index in [1.54, 1.807) is 0 Å². The molecule has 1 heterocycles. The average molecular weight is 499 g/mol. The van der Waals surface area contributed by atoms with Gasteiger partial charge in [0.05, 0.1) is 5.69 Å². The van der Waals surface area contributed by atoms with Crippen LogP contribution in [0.2, 0.25) is 5.02 Å². The van der Waals surface area contributed by atoms with Crippen LogP contribution in [0.1, 0.15) is 51.0 Å². The molecule has 0 fully saturated rings.